The molecule has 0 bridgehead atoms. The molecule has 3 N–H and O–H groups in total. The van der Waals surface area contributed by atoms with Gasteiger partial charge in [0, 0.05) is 30.9 Å². The van der Waals surface area contributed by atoms with Gasteiger partial charge in [-0.1, -0.05) is 19.8 Å². The van der Waals surface area contributed by atoms with Gasteiger partial charge in [-0.05, 0) is 12.5 Å². The zero-order valence-electron chi connectivity index (χ0n) is 16.1. The highest BCUT2D eigenvalue weighted by molar-refractivity contribution is 5.68. The maximum absolute atomic E-state index is 12.7. The van der Waals surface area contributed by atoms with Crippen LogP contribution in [-0.4, -0.2) is 53.4 Å². The molecule has 1 unspecified atom stereocenters. The molecule has 29 heavy (non-hydrogen) atoms. The molecule has 156 valence electrons. The lowest BCUT2D eigenvalue weighted by atomic mass is 9.95. The predicted molar refractivity (Wildman–Crippen MR) is 105 cm³/mol. The van der Waals surface area contributed by atoms with Crippen LogP contribution in [0.4, 0.5) is 26.4 Å². The topological polar surface area (TPSA) is 98.4 Å². The quantitative estimate of drug-likeness (QED) is 0.614. The first-order valence-electron chi connectivity index (χ1n) is 9.77. The van der Waals surface area contributed by atoms with Crippen LogP contribution in [0.2, 0.25) is 0 Å². The molecule has 4 rings (SSSR count). The van der Waals surface area contributed by atoms with Crippen molar-refractivity contribution in [1.29, 1.82) is 0 Å². The smallest absolute Gasteiger partial charge is 0.387 e. The number of nitrogens with one attached hydrogen (secondary N) is 1. The van der Waals surface area contributed by atoms with E-state index in [4.69, 9.17) is 10.5 Å². The fourth-order valence-electron chi connectivity index (χ4n) is 3.41. The van der Waals surface area contributed by atoms with Crippen LogP contribution in [-0.2, 0) is 4.74 Å². The average molecular weight is 406 g/mol. The minimum Gasteiger partial charge on any atom is -0.431 e. The summed E-state index contributed by atoms with van der Waals surface area (Å²) >= 11 is 0. The third-order valence-corrected chi connectivity index (χ3v) is 5.15. The van der Waals surface area contributed by atoms with E-state index in [2.05, 4.69) is 36.8 Å². The summed E-state index contributed by atoms with van der Waals surface area (Å²) in [4.78, 5) is 15.3. The maximum Gasteiger partial charge on any atom is 0.387 e. The number of rotatable bonds is 9. The molecule has 0 radical (unpaired) electrons. The van der Waals surface area contributed by atoms with Crippen LogP contribution in [0.25, 0.3) is 11.3 Å². The zero-order chi connectivity index (χ0) is 20.4. The standard InChI is InChI=1S/C19H24F2N6O2/c1-2-3-4-5-23-19-25-12(7-16(26-19)27-9-15-13(27)10-28-15)11-6-14(29-18(20)21)17(22)24-8-11/h6-8,13,15,18H,2-5,9-10H2,1H3,(H2,22,24)(H,23,25,26)/t13-,15?/m1/s1. The van der Waals surface area contributed by atoms with Gasteiger partial charge < -0.3 is 25.4 Å². The van der Waals surface area contributed by atoms with E-state index >= 15 is 0 Å². The molecule has 4 heterocycles. The number of nitrogen functional groups attached to an aromatic ring is 1. The number of hydrogen-bond acceptors (Lipinski definition) is 8. The Morgan fingerprint density at radius 2 is 2.21 bits per heavy atom. The summed E-state index contributed by atoms with van der Waals surface area (Å²) in [7, 11) is 0. The molecule has 0 spiro atoms. The molecule has 8 nitrogen and oxygen atoms in total. The zero-order valence-corrected chi connectivity index (χ0v) is 16.1. The van der Waals surface area contributed by atoms with Gasteiger partial charge in [-0.25, -0.2) is 9.97 Å². The molecule has 2 aromatic heterocycles. The Kier molecular flexibility index (Phi) is 5.61. The van der Waals surface area contributed by atoms with E-state index in [0.717, 1.165) is 38.2 Å². The summed E-state index contributed by atoms with van der Waals surface area (Å²) in [6.45, 7) is 1.37. The van der Waals surface area contributed by atoms with E-state index in [-0.39, 0.29) is 17.7 Å². The maximum atomic E-state index is 12.7. The normalized spacial score (nSPS) is 20.1. The van der Waals surface area contributed by atoms with Gasteiger partial charge in [-0.15, -0.1) is 0 Å². The van der Waals surface area contributed by atoms with Crippen molar-refractivity contribution in [3.05, 3.63) is 18.3 Å². The van der Waals surface area contributed by atoms with Crippen LogP contribution in [0.5, 0.6) is 5.75 Å². The van der Waals surface area contributed by atoms with Crippen molar-refractivity contribution in [3.8, 4) is 17.0 Å². The van der Waals surface area contributed by atoms with Gasteiger partial charge >= 0.3 is 6.61 Å². The Bertz CT molecular complexity index is 869. The van der Waals surface area contributed by atoms with Crippen molar-refractivity contribution in [3.63, 3.8) is 0 Å². The molecule has 0 saturated carbocycles. The molecule has 10 heteroatoms. The van der Waals surface area contributed by atoms with Crippen LogP contribution in [0.15, 0.2) is 18.3 Å². The second-order valence-corrected chi connectivity index (χ2v) is 7.15. The highest BCUT2D eigenvalue weighted by Crippen LogP contribution is 2.36. The van der Waals surface area contributed by atoms with Crippen molar-refractivity contribution in [2.45, 2.75) is 44.9 Å². The van der Waals surface area contributed by atoms with Crippen molar-refractivity contribution in [2.75, 3.05) is 35.6 Å². The highest BCUT2D eigenvalue weighted by Gasteiger charge is 2.48. The number of nitrogens with two attached hydrogens (primary N) is 1. The molecule has 2 aliphatic rings. The number of morpholine rings is 1. The lowest BCUT2D eigenvalue weighted by Gasteiger charge is -2.55. The summed E-state index contributed by atoms with van der Waals surface area (Å²) in [6, 6.07) is 3.57. The van der Waals surface area contributed by atoms with E-state index in [1.54, 1.807) is 0 Å². The second kappa shape index (κ2) is 8.32. The molecule has 2 aromatic rings. The minimum atomic E-state index is -2.98. The largest absolute Gasteiger partial charge is 0.431 e. The third-order valence-electron chi connectivity index (χ3n) is 5.15. The van der Waals surface area contributed by atoms with Crippen LogP contribution >= 0.6 is 0 Å². The predicted octanol–water partition coefficient (Wildman–Crippen LogP) is 2.91. The highest BCUT2D eigenvalue weighted by atomic mass is 19.3. The van der Waals surface area contributed by atoms with Crippen molar-refractivity contribution in [2.24, 2.45) is 0 Å². The lowest BCUT2D eigenvalue weighted by molar-refractivity contribution is -0.113. The molecule has 0 aliphatic carbocycles. The summed E-state index contributed by atoms with van der Waals surface area (Å²) in [5, 5.41) is 3.26. The molecule has 2 aliphatic heterocycles. The molecule has 2 atom stereocenters. The van der Waals surface area contributed by atoms with Crippen molar-refractivity contribution in [1.82, 2.24) is 15.0 Å². The summed E-state index contributed by atoms with van der Waals surface area (Å²) in [5.74, 6) is 0.987. The molecule has 0 amide bonds. The Hall–Kier alpha value is -2.75. The monoisotopic (exact) mass is 406 g/mol. The van der Waals surface area contributed by atoms with Gasteiger partial charge in [0.05, 0.1) is 24.4 Å². The SMILES string of the molecule is CCCCCNc1nc(-c2cnc(N)c(OC(F)F)c2)cc(N2CC3OC[C@H]32)n1. The van der Waals surface area contributed by atoms with Crippen LogP contribution in [0, 0.1) is 0 Å². The van der Waals surface area contributed by atoms with Crippen molar-refractivity contribution >= 4 is 17.6 Å². The molecule has 2 saturated heterocycles. The summed E-state index contributed by atoms with van der Waals surface area (Å²) < 4.78 is 35.2. The Morgan fingerprint density at radius 1 is 1.34 bits per heavy atom. The lowest BCUT2D eigenvalue weighted by Crippen LogP contribution is -2.71. The fourth-order valence-corrected chi connectivity index (χ4v) is 3.41. The van der Waals surface area contributed by atoms with E-state index in [1.165, 1.54) is 12.3 Å². The Morgan fingerprint density at radius 3 is 2.86 bits per heavy atom. The van der Waals surface area contributed by atoms with Gasteiger partial charge in [0.2, 0.25) is 5.95 Å². The Labute approximate surface area is 167 Å². The van der Waals surface area contributed by atoms with Gasteiger partial charge in [-0.3, -0.25) is 0 Å². The fraction of sp³-hybridized carbons (Fsp3) is 0.526. The molecular formula is C19H24F2N6O2. The van der Waals surface area contributed by atoms with Gasteiger partial charge in [-0.2, -0.15) is 13.8 Å². The number of alkyl halides is 2. The van der Waals surface area contributed by atoms with Gasteiger partial charge in [0.15, 0.2) is 11.6 Å². The average Bonchev–Trinajstić information content (AvgIpc) is 2.68. The number of anilines is 3. The number of fused-ring (bicyclic) bond motifs is 1. The number of hydrogen-bond donors (Lipinski definition) is 2. The van der Waals surface area contributed by atoms with Crippen LogP contribution in [0.3, 0.4) is 0 Å². The van der Waals surface area contributed by atoms with Crippen LogP contribution < -0.4 is 20.7 Å². The van der Waals surface area contributed by atoms with E-state index < -0.39 is 6.61 Å². The summed E-state index contributed by atoms with van der Waals surface area (Å²) in [5.41, 5.74) is 6.74. The number of ether oxygens (including phenoxy) is 2. The minimum absolute atomic E-state index is 0.0987. The first-order valence-corrected chi connectivity index (χ1v) is 9.77. The Balaban J connectivity index is 1.62. The number of halogens is 2. The first kappa shape index (κ1) is 19.6. The first-order chi connectivity index (χ1) is 14.0. The second-order valence-electron chi connectivity index (χ2n) is 7.15. The molecule has 0 aromatic carbocycles. The van der Waals surface area contributed by atoms with E-state index in [0.29, 0.717) is 29.9 Å². The van der Waals surface area contributed by atoms with Gasteiger partial charge in [0.25, 0.3) is 0 Å². The summed E-state index contributed by atoms with van der Waals surface area (Å²) in [6.07, 6.45) is 5.00. The molecule has 2 fully saturated rings. The number of aromatic nitrogens is 3. The number of nitrogens with zero attached hydrogens (tertiary/aromatic N) is 4. The third kappa shape index (κ3) is 4.16. The molecular weight excluding hydrogens is 382 g/mol. The van der Waals surface area contributed by atoms with Crippen molar-refractivity contribution < 1.29 is 18.3 Å². The van der Waals surface area contributed by atoms with E-state index in [9.17, 15) is 8.78 Å². The van der Waals surface area contributed by atoms with Gasteiger partial charge in [0.1, 0.15) is 5.82 Å². The number of unbranched alkanes of at least 4 members (excludes halogenated alkanes) is 2. The number of pyridine rings is 1. The van der Waals surface area contributed by atoms with Crippen LogP contribution in [0.1, 0.15) is 26.2 Å². The van der Waals surface area contributed by atoms with E-state index in [1.807, 2.05) is 6.07 Å².